The molecule has 0 aromatic heterocycles. The maximum Gasteiger partial charge on any atom is 0.252 e. The van der Waals surface area contributed by atoms with Crippen LogP contribution in [0.2, 0.25) is 0 Å². The zero-order valence-corrected chi connectivity index (χ0v) is 11.8. The molecule has 1 aliphatic rings. The minimum absolute atomic E-state index is 0.131. The number of hydrogen-bond donors (Lipinski definition) is 1. The number of carbonyl (C=O) groups excluding carboxylic acids is 2. The normalized spacial score (nSPS) is 18.6. The predicted octanol–water partition coefficient (Wildman–Crippen LogP) is 1.81. The lowest BCUT2D eigenvalue weighted by Crippen LogP contribution is -2.39. The van der Waals surface area contributed by atoms with Crippen LogP contribution < -0.4 is 5.32 Å². The van der Waals surface area contributed by atoms with Gasteiger partial charge in [-0.1, -0.05) is 6.07 Å². The summed E-state index contributed by atoms with van der Waals surface area (Å²) in [7, 11) is 0. The maximum atomic E-state index is 12.2. The molecule has 1 atom stereocenters. The molecule has 1 heterocycles. The van der Waals surface area contributed by atoms with Crippen LogP contribution in [0.4, 0.5) is 5.69 Å². The zero-order valence-electron chi connectivity index (χ0n) is 11.8. The van der Waals surface area contributed by atoms with E-state index in [2.05, 4.69) is 11.4 Å². The highest BCUT2D eigenvalue weighted by Gasteiger charge is 2.39. The van der Waals surface area contributed by atoms with Gasteiger partial charge in [-0.05, 0) is 38.5 Å². The first-order valence-electron chi connectivity index (χ1n) is 6.57. The fourth-order valence-corrected chi connectivity index (χ4v) is 2.34. The van der Waals surface area contributed by atoms with Gasteiger partial charge in [0, 0.05) is 11.7 Å². The van der Waals surface area contributed by atoms with Crippen LogP contribution in [0, 0.1) is 18.3 Å². The minimum atomic E-state index is -0.544. The molecule has 104 valence electrons. The molecule has 1 N–H and O–H groups in total. The summed E-state index contributed by atoms with van der Waals surface area (Å²) < 4.78 is 0. The van der Waals surface area contributed by atoms with Crippen molar-refractivity contribution in [3.05, 3.63) is 29.3 Å². The van der Waals surface area contributed by atoms with Crippen LogP contribution in [0.25, 0.3) is 0 Å². The van der Waals surface area contributed by atoms with Crippen molar-refractivity contribution >= 4 is 17.5 Å². The molecule has 1 saturated heterocycles. The lowest BCUT2D eigenvalue weighted by Gasteiger charge is -2.20. The fourth-order valence-electron chi connectivity index (χ4n) is 2.34. The maximum absolute atomic E-state index is 12.2. The van der Waals surface area contributed by atoms with Crippen LogP contribution in [-0.4, -0.2) is 28.8 Å². The summed E-state index contributed by atoms with van der Waals surface area (Å²) in [6.07, 6.45) is 0.160. The molecule has 0 bridgehead atoms. The summed E-state index contributed by atoms with van der Waals surface area (Å²) in [4.78, 5) is 25.3. The second-order valence-electron chi connectivity index (χ2n) is 5.24. The van der Waals surface area contributed by atoms with Crippen LogP contribution in [0.15, 0.2) is 18.2 Å². The zero-order chi connectivity index (χ0) is 14.9. The number of amides is 2. The first-order valence-corrected chi connectivity index (χ1v) is 6.57. The third-order valence-electron chi connectivity index (χ3n) is 3.40. The van der Waals surface area contributed by atoms with Gasteiger partial charge >= 0.3 is 0 Å². The Bertz CT molecular complexity index is 602. The van der Waals surface area contributed by atoms with Crippen molar-refractivity contribution in [2.24, 2.45) is 0 Å². The van der Waals surface area contributed by atoms with Gasteiger partial charge in [0.15, 0.2) is 0 Å². The summed E-state index contributed by atoms with van der Waals surface area (Å²) in [5, 5.41) is 12.0. The Morgan fingerprint density at radius 2 is 2.10 bits per heavy atom. The number of nitrogens with one attached hydrogen (secondary N) is 1. The number of imide groups is 1. The van der Waals surface area contributed by atoms with E-state index in [0.717, 1.165) is 11.3 Å². The van der Waals surface area contributed by atoms with Gasteiger partial charge in [0.05, 0.1) is 18.1 Å². The van der Waals surface area contributed by atoms with E-state index in [4.69, 9.17) is 5.26 Å². The first-order chi connectivity index (χ1) is 9.43. The average molecular weight is 271 g/mol. The van der Waals surface area contributed by atoms with Gasteiger partial charge in [0.2, 0.25) is 5.91 Å². The monoisotopic (exact) mass is 271 g/mol. The van der Waals surface area contributed by atoms with Crippen molar-refractivity contribution in [1.82, 2.24) is 4.90 Å². The quantitative estimate of drug-likeness (QED) is 0.851. The number of rotatable bonds is 3. The van der Waals surface area contributed by atoms with E-state index in [1.165, 1.54) is 4.90 Å². The van der Waals surface area contributed by atoms with E-state index < -0.39 is 6.04 Å². The van der Waals surface area contributed by atoms with E-state index in [0.29, 0.717) is 5.56 Å². The van der Waals surface area contributed by atoms with Gasteiger partial charge in [-0.3, -0.25) is 14.5 Å². The molecule has 20 heavy (non-hydrogen) atoms. The summed E-state index contributed by atoms with van der Waals surface area (Å²) in [6.45, 7) is 5.53. The van der Waals surface area contributed by atoms with Crippen LogP contribution >= 0.6 is 0 Å². The largest absolute Gasteiger partial charge is 0.373 e. The summed E-state index contributed by atoms with van der Waals surface area (Å²) in [6, 6.07) is 6.64. The van der Waals surface area contributed by atoms with Gasteiger partial charge < -0.3 is 5.32 Å². The van der Waals surface area contributed by atoms with Gasteiger partial charge in [-0.2, -0.15) is 5.26 Å². The Hall–Kier alpha value is -2.35. The standard InChI is InChI=1S/C15H17N3O2/c1-9(2)18-14(19)7-13(15(18)20)17-12-6-11(8-16)5-4-10(12)3/h4-6,9,13,17H,7H2,1-3H3. The number of carbonyl (C=O) groups is 2. The molecule has 2 rings (SSSR count). The Kier molecular flexibility index (Phi) is 3.75. The molecule has 1 unspecified atom stereocenters. The van der Waals surface area contributed by atoms with Gasteiger partial charge in [-0.25, -0.2) is 0 Å². The van der Waals surface area contributed by atoms with Crippen molar-refractivity contribution in [3.63, 3.8) is 0 Å². The van der Waals surface area contributed by atoms with Crippen LogP contribution in [0.5, 0.6) is 0 Å². The van der Waals surface area contributed by atoms with Gasteiger partial charge in [-0.15, -0.1) is 0 Å². The molecule has 5 nitrogen and oxygen atoms in total. The molecule has 0 aliphatic carbocycles. The first kappa shape index (κ1) is 14.1. The topological polar surface area (TPSA) is 73.2 Å². The number of hydrogen-bond acceptors (Lipinski definition) is 4. The molecule has 1 fully saturated rings. The molecule has 1 aliphatic heterocycles. The van der Waals surface area contributed by atoms with E-state index >= 15 is 0 Å². The third kappa shape index (κ3) is 2.50. The molecular weight excluding hydrogens is 254 g/mol. The minimum Gasteiger partial charge on any atom is -0.373 e. The second-order valence-corrected chi connectivity index (χ2v) is 5.24. The highest BCUT2D eigenvalue weighted by Crippen LogP contribution is 2.23. The Labute approximate surface area is 118 Å². The van der Waals surface area contributed by atoms with Crippen molar-refractivity contribution < 1.29 is 9.59 Å². The smallest absolute Gasteiger partial charge is 0.252 e. The average Bonchev–Trinajstić information content (AvgIpc) is 2.67. The molecule has 0 spiro atoms. The summed E-state index contributed by atoms with van der Waals surface area (Å²) in [5.41, 5.74) is 2.18. The summed E-state index contributed by atoms with van der Waals surface area (Å²) in [5.74, 6) is -0.358. The van der Waals surface area contributed by atoms with E-state index in [1.54, 1.807) is 12.1 Å². The van der Waals surface area contributed by atoms with Gasteiger partial charge in [0.25, 0.3) is 5.91 Å². The molecule has 1 aromatic rings. The van der Waals surface area contributed by atoms with Crippen LogP contribution in [-0.2, 0) is 9.59 Å². The number of aryl methyl sites for hydroxylation is 1. The van der Waals surface area contributed by atoms with Crippen molar-refractivity contribution in [1.29, 1.82) is 5.26 Å². The SMILES string of the molecule is Cc1ccc(C#N)cc1NC1CC(=O)N(C(C)C)C1=O. The molecule has 1 aromatic carbocycles. The number of anilines is 1. The lowest BCUT2D eigenvalue weighted by molar-refractivity contribution is -0.140. The summed E-state index contributed by atoms with van der Waals surface area (Å²) >= 11 is 0. The number of nitriles is 1. The Morgan fingerprint density at radius 1 is 1.40 bits per heavy atom. The van der Waals surface area contributed by atoms with Crippen molar-refractivity contribution in [2.75, 3.05) is 5.32 Å². The highest BCUT2D eigenvalue weighted by molar-refractivity contribution is 6.07. The molecule has 5 heteroatoms. The number of benzene rings is 1. The molecule has 0 saturated carbocycles. The molecule has 0 radical (unpaired) electrons. The van der Waals surface area contributed by atoms with Crippen molar-refractivity contribution in [2.45, 2.75) is 39.3 Å². The van der Waals surface area contributed by atoms with E-state index in [1.807, 2.05) is 26.8 Å². The van der Waals surface area contributed by atoms with Crippen LogP contribution in [0.3, 0.4) is 0 Å². The van der Waals surface area contributed by atoms with Crippen molar-refractivity contribution in [3.8, 4) is 6.07 Å². The van der Waals surface area contributed by atoms with E-state index in [-0.39, 0.29) is 24.3 Å². The highest BCUT2D eigenvalue weighted by atomic mass is 16.2. The number of nitrogens with zero attached hydrogens (tertiary/aromatic N) is 2. The predicted molar refractivity (Wildman–Crippen MR) is 74.9 cm³/mol. The lowest BCUT2D eigenvalue weighted by atomic mass is 10.1. The Balaban J connectivity index is 2.22. The number of likely N-dealkylation sites (tertiary alicyclic amines) is 1. The third-order valence-corrected chi connectivity index (χ3v) is 3.40. The van der Waals surface area contributed by atoms with E-state index in [9.17, 15) is 9.59 Å². The Morgan fingerprint density at radius 3 is 2.65 bits per heavy atom. The van der Waals surface area contributed by atoms with Gasteiger partial charge in [0.1, 0.15) is 6.04 Å². The molecule has 2 amide bonds. The second kappa shape index (κ2) is 5.33. The van der Waals surface area contributed by atoms with Crippen LogP contribution in [0.1, 0.15) is 31.4 Å². The molecular formula is C15H17N3O2. The fraction of sp³-hybridized carbons (Fsp3) is 0.400.